The number of amides is 1. The molecule has 1 amide bonds. The fourth-order valence-corrected chi connectivity index (χ4v) is 5.69. The van der Waals surface area contributed by atoms with Crippen LogP contribution in [0.3, 0.4) is 0 Å². The fraction of sp³-hybridized carbons (Fsp3) is 0.524. The number of anilines is 3. The van der Waals surface area contributed by atoms with Crippen molar-refractivity contribution in [3.05, 3.63) is 35.2 Å². The predicted octanol–water partition coefficient (Wildman–Crippen LogP) is 0.862. The summed E-state index contributed by atoms with van der Waals surface area (Å²) in [6.45, 7) is 6.21. The van der Waals surface area contributed by atoms with Crippen LogP contribution in [0.2, 0.25) is 5.02 Å². The Balaban J connectivity index is 1.32. The van der Waals surface area contributed by atoms with E-state index in [0.29, 0.717) is 43.4 Å². The van der Waals surface area contributed by atoms with Crippen molar-refractivity contribution < 1.29 is 17.6 Å². The summed E-state index contributed by atoms with van der Waals surface area (Å²) in [4.78, 5) is 22.7. The van der Waals surface area contributed by atoms with Crippen molar-refractivity contribution in [3.63, 3.8) is 0 Å². The molecule has 2 fully saturated rings. The molecule has 186 valence electrons. The van der Waals surface area contributed by atoms with Crippen molar-refractivity contribution in [2.75, 3.05) is 87.7 Å². The zero-order valence-electron chi connectivity index (χ0n) is 19.1. The summed E-state index contributed by atoms with van der Waals surface area (Å²) in [6, 6.07) is 5.22. The van der Waals surface area contributed by atoms with Gasteiger partial charge in [0.25, 0.3) is 11.9 Å². The first-order valence-corrected chi connectivity index (χ1v) is 13.2. The lowest BCUT2D eigenvalue weighted by Crippen LogP contribution is -2.51. The minimum absolute atomic E-state index is 0.0503. The number of sulfonamides is 1. The Bertz CT molecular complexity index is 1110. The normalized spacial score (nSPS) is 18.8. The highest BCUT2D eigenvalue weighted by molar-refractivity contribution is 7.89. The van der Waals surface area contributed by atoms with Crippen LogP contribution in [0.4, 0.5) is 17.4 Å². The van der Waals surface area contributed by atoms with Crippen LogP contribution in [0.5, 0.6) is 0 Å². The minimum Gasteiger partial charge on any atom is -0.431 e. The Morgan fingerprint density at radius 3 is 2.50 bits per heavy atom. The Labute approximate surface area is 204 Å². The van der Waals surface area contributed by atoms with Crippen LogP contribution in [-0.2, 0) is 10.0 Å². The van der Waals surface area contributed by atoms with Crippen molar-refractivity contribution in [2.24, 2.45) is 0 Å². The summed E-state index contributed by atoms with van der Waals surface area (Å²) in [7, 11) is -1.23. The van der Waals surface area contributed by atoms with Gasteiger partial charge in [-0.05, 0) is 25.2 Å². The molecule has 2 aliphatic heterocycles. The first-order valence-electron chi connectivity index (χ1n) is 11.2. The largest absolute Gasteiger partial charge is 0.431 e. The van der Waals surface area contributed by atoms with E-state index in [-0.39, 0.29) is 17.5 Å². The lowest BCUT2D eigenvalue weighted by atomic mass is 10.2. The van der Waals surface area contributed by atoms with Crippen LogP contribution >= 0.6 is 11.6 Å². The van der Waals surface area contributed by atoms with Gasteiger partial charge in [-0.3, -0.25) is 9.69 Å². The highest BCUT2D eigenvalue weighted by atomic mass is 35.5. The second-order valence-electron chi connectivity index (χ2n) is 8.54. The topological polar surface area (TPSA) is 128 Å². The molecule has 0 saturated carbocycles. The van der Waals surface area contributed by atoms with Crippen LogP contribution in [0.15, 0.2) is 28.9 Å². The van der Waals surface area contributed by atoms with Crippen molar-refractivity contribution in [3.8, 4) is 0 Å². The number of nitrogens with one attached hydrogen (secondary N) is 1. The van der Waals surface area contributed by atoms with Gasteiger partial charge in [-0.15, -0.1) is 0 Å². The third-order valence-corrected chi connectivity index (χ3v) is 8.39. The molecule has 1 aromatic heterocycles. The molecular formula is C21H30ClN7O4S. The molecule has 0 unspecified atom stereocenters. The summed E-state index contributed by atoms with van der Waals surface area (Å²) in [5, 5.41) is 3.09. The number of halogens is 1. The van der Waals surface area contributed by atoms with Gasteiger partial charge < -0.3 is 25.3 Å². The zero-order valence-corrected chi connectivity index (χ0v) is 20.7. The fourth-order valence-electron chi connectivity index (χ4n) is 4.05. The molecule has 4 rings (SSSR count). The maximum Gasteiger partial charge on any atom is 0.292 e. The average Bonchev–Trinajstić information content (AvgIpc) is 3.27. The summed E-state index contributed by atoms with van der Waals surface area (Å²) < 4.78 is 32.2. The van der Waals surface area contributed by atoms with Gasteiger partial charge in [-0.25, -0.2) is 8.42 Å². The Morgan fingerprint density at radius 2 is 1.85 bits per heavy atom. The van der Waals surface area contributed by atoms with Gasteiger partial charge in [0.05, 0.1) is 16.5 Å². The lowest BCUT2D eigenvalue weighted by molar-refractivity contribution is 0.102. The number of rotatable bonds is 7. The number of hydrogen-bond donors (Lipinski definition) is 2. The van der Waals surface area contributed by atoms with Gasteiger partial charge in [0.1, 0.15) is 6.26 Å². The molecule has 11 nitrogen and oxygen atoms in total. The van der Waals surface area contributed by atoms with Crippen LogP contribution in [0.1, 0.15) is 10.5 Å². The minimum atomic E-state index is -3.31. The number of oxazole rings is 1. The number of nitrogens with zero attached hydrogens (tertiary/aromatic N) is 5. The van der Waals surface area contributed by atoms with E-state index in [1.54, 1.807) is 16.4 Å². The van der Waals surface area contributed by atoms with Gasteiger partial charge in [0, 0.05) is 64.6 Å². The molecule has 3 heterocycles. The molecule has 0 atom stereocenters. The van der Waals surface area contributed by atoms with Crippen molar-refractivity contribution in [1.29, 1.82) is 0 Å². The summed E-state index contributed by atoms with van der Waals surface area (Å²) in [5.41, 5.74) is 6.74. The van der Waals surface area contributed by atoms with Crippen molar-refractivity contribution in [1.82, 2.24) is 19.1 Å². The van der Waals surface area contributed by atoms with E-state index in [0.717, 1.165) is 31.9 Å². The molecule has 0 radical (unpaired) electrons. The van der Waals surface area contributed by atoms with Crippen LogP contribution in [0.25, 0.3) is 0 Å². The zero-order chi connectivity index (χ0) is 24.3. The number of hydrogen-bond acceptors (Lipinski definition) is 9. The molecule has 0 aliphatic carbocycles. The molecule has 0 spiro atoms. The van der Waals surface area contributed by atoms with Gasteiger partial charge in [-0.1, -0.05) is 11.6 Å². The number of carbonyl (C=O) groups excluding carboxylic acids is 1. The monoisotopic (exact) mass is 511 g/mol. The van der Waals surface area contributed by atoms with Crippen LogP contribution in [-0.4, -0.2) is 105 Å². The third-order valence-electron chi connectivity index (χ3n) is 6.21. The Morgan fingerprint density at radius 1 is 1.15 bits per heavy atom. The van der Waals surface area contributed by atoms with E-state index in [9.17, 15) is 13.2 Å². The van der Waals surface area contributed by atoms with E-state index in [1.807, 2.05) is 6.07 Å². The van der Waals surface area contributed by atoms with Crippen LogP contribution in [0, 0.1) is 0 Å². The molecule has 34 heavy (non-hydrogen) atoms. The quantitative estimate of drug-likeness (QED) is 0.556. The summed E-state index contributed by atoms with van der Waals surface area (Å²) in [5.74, 6) is -0.351. The summed E-state index contributed by atoms with van der Waals surface area (Å²) in [6.07, 6.45) is 1.17. The van der Waals surface area contributed by atoms with E-state index < -0.39 is 15.9 Å². The molecule has 13 heteroatoms. The van der Waals surface area contributed by atoms with Gasteiger partial charge in [-0.2, -0.15) is 9.29 Å². The Kier molecular flexibility index (Phi) is 7.63. The number of carbonyl (C=O) groups is 1. The number of nitrogen functional groups attached to an aromatic ring is 1. The maximum atomic E-state index is 12.9. The van der Waals surface area contributed by atoms with Gasteiger partial charge >= 0.3 is 0 Å². The van der Waals surface area contributed by atoms with E-state index in [1.165, 1.54) is 6.26 Å². The SMILES string of the molecule is CN1CCN(CCS(=O)(=O)N2CCN(c3ccc(Cl)c(NC(=O)c4coc(N)n4)c3)CC2)CC1. The third kappa shape index (κ3) is 5.99. The van der Waals surface area contributed by atoms with Crippen molar-refractivity contribution >= 4 is 44.9 Å². The maximum absolute atomic E-state index is 12.9. The summed E-state index contributed by atoms with van der Waals surface area (Å²) >= 11 is 6.27. The number of piperazine rings is 2. The molecular weight excluding hydrogens is 482 g/mol. The van der Waals surface area contributed by atoms with Crippen LogP contribution < -0.4 is 16.0 Å². The average molecular weight is 512 g/mol. The molecule has 2 saturated heterocycles. The first kappa shape index (κ1) is 24.7. The molecule has 1 aromatic carbocycles. The standard InChI is InChI=1S/C21H30ClN7O4S/c1-26-4-6-27(7-5-26)12-13-34(31,32)29-10-8-28(9-11-29)16-2-3-17(22)18(14-16)24-20(30)19-15-33-21(23)25-19/h2-3,14-15H,4-13H2,1H3,(H2,23,25)(H,24,30). The van der Waals surface area contributed by atoms with E-state index in [4.69, 9.17) is 21.8 Å². The number of likely N-dealkylation sites (N-methyl/N-ethyl adjacent to an activating group) is 1. The Hall–Kier alpha value is -2.38. The first-order chi connectivity index (χ1) is 16.2. The highest BCUT2D eigenvalue weighted by Crippen LogP contribution is 2.29. The second-order valence-corrected chi connectivity index (χ2v) is 11.0. The molecule has 0 bridgehead atoms. The lowest BCUT2D eigenvalue weighted by Gasteiger charge is -2.36. The number of benzene rings is 1. The number of aromatic nitrogens is 1. The van der Waals surface area contributed by atoms with Gasteiger partial charge in [0.15, 0.2) is 5.69 Å². The molecule has 2 aliphatic rings. The smallest absolute Gasteiger partial charge is 0.292 e. The van der Waals surface area contributed by atoms with E-state index >= 15 is 0 Å². The highest BCUT2D eigenvalue weighted by Gasteiger charge is 2.28. The molecule has 2 aromatic rings. The number of nitrogens with two attached hydrogens (primary N) is 1. The van der Waals surface area contributed by atoms with Crippen molar-refractivity contribution in [2.45, 2.75) is 0 Å². The second kappa shape index (κ2) is 10.5. The molecule has 3 N–H and O–H groups in total. The predicted molar refractivity (Wildman–Crippen MR) is 132 cm³/mol. The van der Waals surface area contributed by atoms with Gasteiger partial charge in [0.2, 0.25) is 10.0 Å². The van der Waals surface area contributed by atoms with E-state index in [2.05, 4.69) is 32.0 Å².